The van der Waals surface area contributed by atoms with E-state index < -0.39 is 0 Å². The number of amides is 1. The van der Waals surface area contributed by atoms with Crippen LogP contribution in [0.5, 0.6) is 0 Å². The molecule has 0 saturated carbocycles. The van der Waals surface area contributed by atoms with E-state index in [0.717, 1.165) is 11.1 Å². The van der Waals surface area contributed by atoms with Gasteiger partial charge in [0.15, 0.2) is 0 Å². The Labute approximate surface area is 167 Å². The summed E-state index contributed by atoms with van der Waals surface area (Å²) in [7, 11) is 0. The number of aryl methyl sites for hydroxylation is 1. The fourth-order valence-electron chi connectivity index (χ4n) is 1.90. The Balaban J connectivity index is 0.00000200. The second kappa shape index (κ2) is 7.63. The largest absolute Gasteiger partial charge is 1.00 e. The van der Waals surface area contributed by atoms with Crippen molar-refractivity contribution < 1.29 is 56.2 Å². The number of carbonyl (C=O) groups is 1. The number of benzene rings is 1. The molecule has 0 fully saturated rings. The summed E-state index contributed by atoms with van der Waals surface area (Å²) >= 11 is 5.08. The van der Waals surface area contributed by atoms with Gasteiger partial charge in [-0.2, -0.15) is 0 Å². The number of rotatable bonds is 3. The van der Waals surface area contributed by atoms with E-state index in [4.69, 9.17) is 12.6 Å². The molecule has 3 nitrogen and oxygen atoms in total. The summed E-state index contributed by atoms with van der Waals surface area (Å²) in [6.07, 6.45) is 3.43. The van der Waals surface area contributed by atoms with Gasteiger partial charge in [-0.3, -0.25) is 9.79 Å². The van der Waals surface area contributed by atoms with Crippen molar-refractivity contribution in [2.45, 2.75) is 13.8 Å². The summed E-state index contributed by atoms with van der Waals surface area (Å²) in [6.45, 7) is 8.08. The molecule has 0 aromatic heterocycles. The molecule has 0 atom stereocenters. The first-order valence-corrected chi connectivity index (χ1v) is 6.42. The molecule has 2 rings (SSSR count). The zero-order chi connectivity index (χ0) is 14.0. The predicted molar refractivity (Wildman–Crippen MR) is 80.6 cm³/mol. The Bertz CT molecular complexity index is 608. The number of hydrogen-bond acceptors (Lipinski definition) is 3. The van der Waals surface area contributed by atoms with Crippen LogP contribution in [0.15, 0.2) is 41.5 Å². The standard InChI is InChI=1S/C15H16N2OS.K/c1-4-8-17-14(18)13(16-15(17)19)9-12-7-5-6-10(2)11(12)3;/h4-7,9H,1,8H2,2-3H3,(H,16,19);/q;+1/p-1. The van der Waals surface area contributed by atoms with Gasteiger partial charge >= 0.3 is 51.4 Å². The summed E-state index contributed by atoms with van der Waals surface area (Å²) in [5.41, 5.74) is 3.72. The van der Waals surface area contributed by atoms with Crippen LogP contribution in [0, 0.1) is 13.8 Å². The average Bonchev–Trinajstić information content (AvgIpc) is 2.63. The monoisotopic (exact) mass is 310 g/mol. The van der Waals surface area contributed by atoms with Crippen LogP contribution in [-0.2, 0) is 17.4 Å². The fraction of sp³-hybridized carbons (Fsp3) is 0.200. The zero-order valence-corrected chi connectivity index (χ0v) is 16.0. The van der Waals surface area contributed by atoms with E-state index in [-0.39, 0.29) is 57.3 Å². The average molecular weight is 310 g/mol. The van der Waals surface area contributed by atoms with Crippen LogP contribution >= 0.6 is 0 Å². The quantitative estimate of drug-likeness (QED) is 0.329. The molecule has 98 valence electrons. The smallest absolute Gasteiger partial charge is 0.742 e. The van der Waals surface area contributed by atoms with Crippen molar-refractivity contribution in [1.29, 1.82) is 0 Å². The molecule has 1 aromatic rings. The Morgan fingerprint density at radius 2 is 2.10 bits per heavy atom. The van der Waals surface area contributed by atoms with Crippen molar-refractivity contribution in [3.8, 4) is 0 Å². The van der Waals surface area contributed by atoms with Crippen molar-refractivity contribution in [3.05, 3.63) is 53.2 Å². The minimum atomic E-state index is -0.161. The number of amidine groups is 1. The number of nitrogens with zero attached hydrogens (tertiary/aromatic N) is 2. The molecule has 0 bridgehead atoms. The van der Waals surface area contributed by atoms with Gasteiger partial charge in [-0.15, -0.1) is 6.58 Å². The molecule has 0 radical (unpaired) electrons. The van der Waals surface area contributed by atoms with Gasteiger partial charge in [0, 0.05) is 6.54 Å². The van der Waals surface area contributed by atoms with Crippen molar-refractivity contribution in [2.24, 2.45) is 4.99 Å². The third kappa shape index (κ3) is 3.66. The van der Waals surface area contributed by atoms with E-state index >= 15 is 0 Å². The first-order chi connectivity index (χ1) is 9.04. The van der Waals surface area contributed by atoms with E-state index in [2.05, 4.69) is 11.6 Å². The molecule has 1 amide bonds. The number of aliphatic imine (C=N–C) groups is 1. The van der Waals surface area contributed by atoms with Crippen LogP contribution in [0.4, 0.5) is 0 Å². The molecule has 0 aliphatic carbocycles. The van der Waals surface area contributed by atoms with Crippen LogP contribution in [0.3, 0.4) is 0 Å². The third-order valence-electron chi connectivity index (χ3n) is 3.16. The van der Waals surface area contributed by atoms with Crippen LogP contribution in [0.1, 0.15) is 16.7 Å². The molecule has 0 unspecified atom stereocenters. The van der Waals surface area contributed by atoms with Crippen molar-refractivity contribution in [2.75, 3.05) is 6.54 Å². The van der Waals surface area contributed by atoms with Gasteiger partial charge in [0.1, 0.15) is 5.70 Å². The van der Waals surface area contributed by atoms with Crippen LogP contribution in [-0.4, -0.2) is 22.5 Å². The summed E-state index contributed by atoms with van der Waals surface area (Å²) in [5.74, 6) is -0.161. The van der Waals surface area contributed by atoms with Gasteiger partial charge in [0.25, 0.3) is 5.91 Å². The maximum Gasteiger partial charge on any atom is 1.00 e. The second-order valence-corrected chi connectivity index (χ2v) is 4.78. The SMILES string of the molecule is C=CCN1C(=O)C(=Cc2cccc(C)c2C)N=C1[S-].[K+]. The van der Waals surface area contributed by atoms with E-state index in [1.807, 2.05) is 32.0 Å². The third-order valence-corrected chi connectivity index (χ3v) is 3.47. The number of carbonyl (C=O) groups excluding carboxylic acids is 1. The van der Waals surface area contributed by atoms with Crippen molar-refractivity contribution in [3.63, 3.8) is 0 Å². The molecule has 20 heavy (non-hydrogen) atoms. The molecular weight excluding hydrogens is 295 g/mol. The molecule has 1 aliphatic heterocycles. The molecule has 0 N–H and O–H groups in total. The first-order valence-electron chi connectivity index (χ1n) is 6.01. The van der Waals surface area contributed by atoms with Gasteiger partial charge in [-0.25, -0.2) is 0 Å². The maximum absolute atomic E-state index is 12.1. The van der Waals surface area contributed by atoms with Crippen molar-refractivity contribution in [1.82, 2.24) is 4.90 Å². The Kier molecular flexibility index (Phi) is 6.77. The minimum absolute atomic E-state index is 0. The minimum Gasteiger partial charge on any atom is -0.742 e. The zero-order valence-electron chi connectivity index (χ0n) is 12.0. The van der Waals surface area contributed by atoms with Gasteiger partial charge in [-0.05, 0) is 41.8 Å². The van der Waals surface area contributed by atoms with Gasteiger partial charge in [-0.1, -0.05) is 24.3 Å². The van der Waals surface area contributed by atoms with Gasteiger partial charge < -0.3 is 17.5 Å². The van der Waals surface area contributed by atoms with Gasteiger partial charge in [0.05, 0.1) is 0 Å². The van der Waals surface area contributed by atoms with Crippen LogP contribution in [0.25, 0.3) is 6.08 Å². The first kappa shape index (κ1) is 17.7. The molecule has 0 spiro atoms. The van der Waals surface area contributed by atoms with Gasteiger partial charge in [0.2, 0.25) is 0 Å². The summed E-state index contributed by atoms with van der Waals surface area (Å²) < 4.78 is 0. The van der Waals surface area contributed by atoms with Crippen LogP contribution < -0.4 is 51.4 Å². The Morgan fingerprint density at radius 3 is 2.75 bits per heavy atom. The summed E-state index contributed by atoms with van der Waals surface area (Å²) in [6, 6.07) is 5.98. The molecule has 5 heteroatoms. The number of hydrogen-bond donors (Lipinski definition) is 0. The molecule has 0 saturated heterocycles. The Hall–Kier alpha value is -0.304. The topological polar surface area (TPSA) is 32.7 Å². The summed E-state index contributed by atoms with van der Waals surface area (Å²) in [4.78, 5) is 17.7. The van der Waals surface area contributed by atoms with E-state index in [1.165, 1.54) is 10.5 Å². The maximum atomic E-state index is 12.1. The van der Waals surface area contributed by atoms with E-state index in [9.17, 15) is 4.79 Å². The predicted octanol–water partition coefficient (Wildman–Crippen LogP) is -0.421. The molecule has 1 aromatic carbocycles. The normalized spacial score (nSPS) is 16.1. The fourth-order valence-corrected chi connectivity index (χ4v) is 2.15. The summed E-state index contributed by atoms with van der Waals surface area (Å²) in [5, 5.41) is 0.307. The molecule has 1 heterocycles. The van der Waals surface area contributed by atoms with Crippen LogP contribution in [0.2, 0.25) is 0 Å². The second-order valence-electron chi connectivity index (χ2n) is 4.42. The molecular formula is C15H15KN2OS. The van der Waals surface area contributed by atoms with E-state index in [1.54, 1.807) is 12.2 Å². The Morgan fingerprint density at radius 1 is 1.40 bits per heavy atom. The van der Waals surface area contributed by atoms with Crippen molar-refractivity contribution >= 4 is 29.8 Å². The molecule has 1 aliphatic rings. The van der Waals surface area contributed by atoms with E-state index in [0.29, 0.717) is 17.4 Å².